The van der Waals surface area contributed by atoms with E-state index in [9.17, 15) is 9.59 Å². The number of carbonyl (C=O) groups excluding carboxylic acids is 2. The first-order valence-corrected chi connectivity index (χ1v) is 11.3. The predicted octanol–water partition coefficient (Wildman–Crippen LogP) is 5.27. The molecule has 2 atom stereocenters. The highest BCUT2D eigenvalue weighted by molar-refractivity contribution is 5.96. The first-order chi connectivity index (χ1) is 15.7. The number of nitrogens with zero attached hydrogens (tertiary/aromatic N) is 3. The zero-order valence-electron chi connectivity index (χ0n) is 19.5. The highest BCUT2D eigenvalue weighted by Gasteiger charge is 2.41. The Morgan fingerprint density at radius 2 is 1.64 bits per heavy atom. The van der Waals surface area contributed by atoms with E-state index in [1.807, 2.05) is 99.1 Å². The van der Waals surface area contributed by atoms with Gasteiger partial charge in [0.1, 0.15) is 11.6 Å². The van der Waals surface area contributed by atoms with E-state index in [0.717, 1.165) is 23.4 Å². The summed E-state index contributed by atoms with van der Waals surface area (Å²) >= 11 is 0. The van der Waals surface area contributed by atoms with E-state index in [1.54, 1.807) is 4.90 Å². The summed E-state index contributed by atoms with van der Waals surface area (Å²) in [7, 11) is 0. The van der Waals surface area contributed by atoms with Gasteiger partial charge in [-0.05, 0) is 52.7 Å². The predicted molar refractivity (Wildman–Crippen MR) is 128 cm³/mol. The molecule has 3 aromatic rings. The van der Waals surface area contributed by atoms with E-state index in [0.29, 0.717) is 12.4 Å². The van der Waals surface area contributed by atoms with Gasteiger partial charge in [-0.2, -0.15) is 0 Å². The van der Waals surface area contributed by atoms with E-state index >= 15 is 0 Å². The van der Waals surface area contributed by atoms with E-state index in [4.69, 9.17) is 9.72 Å². The summed E-state index contributed by atoms with van der Waals surface area (Å²) in [4.78, 5) is 32.4. The lowest BCUT2D eigenvalue weighted by atomic mass is 10.2. The van der Waals surface area contributed by atoms with Crippen LogP contribution in [0.3, 0.4) is 0 Å². The highest BCUT2D eigenvalue weighted by atomic mass is 16.6. The van der Waals surface area contributed by atoms with Crippen molar-refractivity contribution in [3.63, 3.8) is 0 Å². The molecule has 2 amide bonds. The summed E-state index contributed by atoms with van der Waals surface area (Å²) < 4.78 is 7.42. The third kappa shape index (κ3) is 5.08. The van der Waals surface area contributed by atoms with Crippen molar-refractivity contribution >= 4 is 17.9 Å². The van der Waals surface area contributed by atoms with Crippen LogP contribution in [0.2, 0.25) is 0 Å². The molecule has 1 N–H and O–H groups in total. The Morgan fingerprint density at radius 1 is 1.00 bits per heavy atom. The summed E-state index contributed by atoms with van der Waals surface area (Å²) in [5.74, 6) is 0.140. The quantitative estimate of drug-likeness (QED) is 0.593. The normalized spacial score (nSPS) is 18.2. The number of anilines is 1. The number of likely N-dealkylation sites (tertiary alicyclic amines) is 1. The molecule has 33 heavy (non-hydrogen) atoms. The molecule has 0 aliphatic carbocycles. The Bertz CT molecular complexity index is 1120. The second kappa shape index (κ2) is 9.10. The van der Waals surface area contributed by atoms with Crippen molar-refractivity contribution in [3.8, 4) is 16.9 Å². The molecule has 172 valence electrons. The minimum absolute atomic E-state index is 0.0793. The fourth-order valence-electron chi connectivity index (χ4n) is 4.06. The molecule has 1 aliphatic rings. The number of benzene rings is 2. The number of ether oxygens (including phenoxy) is 1. The van der Waals surface area contributed by atoms with Crippen molar-refractivity contribution < 1.29 is 14.3 Å². The molecule has 1 fully saturated rings. The SMILES string of the molecule is C[C@H]1CC[C@H](C(=O)Nc2nc(-c3ccccc3)cn2-c2ccccc2)N1C(=O)OC(C)(C)C. The summed E-state index contributed by atoms with van der Waals surface area (Å²) in [5, 5.41) is 2.97. The molecule has 0 spiro atoms. The molecule has 2 aromatic carbocycles. The maximum absolute atomic E-state index is 13.4. The molecule has 7 heteroatoms. The van der Waals surface area contributed by atoms with E-state index in [1.165, 1.54) is 0 Å². The third-order valence-corrected chi connectivity index (χ3v) is 5.62. The van der Waals surface area contributed by atoms with Gasteiger partial charge in [0.15, 0.2) is 0 Å². The zero-order chi connectivity index (χ0) is 23.6. The second-order valence-electron chi connectivity index (χ2n) is 9.34. The Kier molecular flexibility index (Phi) is 6.22. The fraction of sp³-hybridized carbons (Fsp3) is 0.346. The van der Waals surface area contributed by atoms with Gasteiger partial charge in [-0.25, -0.2) is 9.78 Å². The fourth-order valence-corrected chi connectivity index (χ4v) is 4.06. The van der Waals surface area contributed by atoms with E-state index in [-0.39, 0.29) is 11.9 Å². The van der Waals surface area contributed by atoms with Gasteiger partial charge in [-0.15, -0.1) is 0 Å². The molecular weight excluding hydrogens is 416 g/mol. The summed E-state index contributed by atoms with van der Waals surface area (Å²) in [6, 6.07) is 18.8. The lowest BCUT2D eigenvalue weighted by Gasteiger charge is -2.30. The first-order valence-electron chi connectivity index (χ1n) is 11.3. The van der Waals surface area contributed by atoms with Crippen molar-refractivity contribution in [2.75, 3.05) is 5.32 Å². The summed E-state index contributed by atoms with van der Waals surface area (Å²) in [5.41, 5.74) is 1.95. The molecule has 0 saturated carbocycles. The van der Waals surface area contributed by atoms with Crippen LogP contribution < -0.4 is 5.32 Å². The zero-order valence-corrected chi connectivity index (χ0v) is 19.5. The molecule has 7 nitrogen and oxygen atoms in total. The molecule has 2 heterocycles. The number of carbonyl (C=O) groups is 2. The number of aromatic nitrogens is 2. The Labute approximate surface area is 194 Å². The smallest absolute Gasteiger partial charge is 0.411 e. The van der Waals surface area contributed by atoms with Crippen molar-refractivity contribution in [1.29, 1.82) is 0 Å². The van der Waals surface area contributed by atoms with Crippen molar-refractivity contribution in [1.82, 2.24) is 14.5 Å². The summed E-state index contributed by atoms with van der Waals surface area (Å²) in [6.07, 6.45) is 2.75. The number of nitrogens with one attached hydrogen (secondary N) is 1. The Hall–Kier alpha value is -3.61. The van der Waals surface area contributed by atoms with Crippen molar-refractivity contribution in [2.45, 2.75) is 58.2 Å². The van der Waals surface area contributed by atoms with Gasteiger partial charge >= 0.3 is 6.09 Å². The minimum Gasteiger partial charge on any atom is -0.444 e. The molecule has 4 rings (SSSR count). The molecule has 0 radical (unpaired) electrons. The topological polar surface area (TPSA) is 76.5 Å². The number of para-hydroxylation sites is 1. The maximum Gasteiger partial charge on any atom is 0.411 e. The molecule has 0 unspecified atom stereocenters. The van der Waals surface area contributed by atoms with Crippen LogP contribution in [0.4, 0.5) is 10.7 Å². The number of rotatable bonds is 4. The summed E-state index contributed by atoms with van der Waals surface area (Å²) in [6.45, 7) is 7.41. The van der Waals surface area contributed by atoms with Crippen LogP contribution in [0.1, 0.15) is 40.5 Å². The van der Waals surface area contributed by atoms with Gasteiger partial charge in [0.25, 0.3) is 0 Å². The van der Waals surface area contributed by atoms with Gasteiger partial charge in [0, 0.05) is 23.5 Å². The maximum atomic E-state index is 13.4. The molecule has 1 aromatic heterocycles. The van der Waals surface area contributed by atoms with Crippen LogP contribution in [-0.4, -0.2) is 44.1 Å². The van der Waals surface area contributed by atoms with Gasteiger partial charge < -0.3 is 4.74 Å². The van der Waals surface area contributed by atoms with Crippen LogP contribution in [-0.2, 0) is 9.53 Å². The minimum atomic E-state index is -0.630. The lowest BCUT2D eigenvalue weighted by molar-refractivity contribution is -0.120. The molecule has 1 saturated heterocycles. The number of hydrogen-bond acceptors (Lipinski definition) is 4. The first kappa shape index (κ1) is 22.6. The molecular formula is C26H30N4O3. The average molecular weight is 447 g/mol. The van der Waals surface area contributed by atoms with Crippen LogP contribution >= 0.6 is 0 Å². The van der Waals surface area contributed by atoms with Gasteiger partial charge in [0.2, 0.25) is 11.9 Å². The largest absolute Gasteiger partial charge is 0.444 e. The number of amides is 2. The molecule has 0 bridgehead atoms. The van der Waals surface area contributed by atoms with Crippen LogP contribution in [0.25, 0.3) is 16.9 Å². The van der Waals surface area contributed by atoms with Gasteiger partial charge in [-0.1, -0.05) is 48.5 Å². The standard InChI is InChI=1S/C26H30N4O3/c1-18-15-16-22(30(18)25(32)33-26(2,3)4)23(31)28-24-27-21(19-11-7-5-8-12-19)17-29(24)20-13-9-6-10-14-20/h5-14,17-18,22H,15-16H2,1-4H3,(H,27,28,31)/t18-,22+/m0/s1. The Morgan fingerprint density at radius 3 is 2.27 bits per heavy atom. The van der Waals surface area contributed by atoms with E-state index in [2.05, 4.69) is 5.32 Å². The monoisotopic (exact) mass is 446 g/mol. The number of hydrogen-bond donors (Lipinski definition) is 1. The van der Waals surface area contributed by atoms with Gasteiger partial charge in [0.05, 0.1) is 5.69 Å². The Balaban J connectivity index is 1.63. The van der Waals surface area contributed by atoms with E-state index < -0.39 is 17.7 Å². The third-order valence-electron chi connectivity index (χ3n) is 5.62. The van der Waals surface area contributed by atoms with Crippen LogP contribution in [0.15, 0.2) is 66.9 Å². The molecule has 1 aliphatic heterocycles. The van der Waals surface area contributed by atoms with Gasteiger partial charge in [-0.3, -0.25) is 19.6 Å². The lowest BCUT2D eigenvalue weighted by Crippen LogP contribution is -2.48. The average Bonchev–Trinajstić information content (AvgIpc) is 3.37. The second-order valence-corrected chi connectivity index (χ2v) is 9.34. The van der Waals surface area contributed by atoms with Crippen LogP contribution in [0.5, 0.6) is 0 Å². The highest BCUT2D eigenvalue weighted by Crippen LogP contribution is 2.29. The van der Waals surface area contributed by atoms with Crippen LogP contribution in [0, 0.1) is 0 Å². The van der Waals surface area contributed by atoms with Crippen molar-refractivity contribution in [2.24, 2.45) is 0 Å². The number of imidazole rings is 1. The van der Waals surface area contributed by atoms with Crippen molar-refractivity contribution in [3.05, 3.63) is 66.9 Å².